The van der Waals surface area contributed by atoms with Crippen LogP contribution in [0.2, 0.25) is 0 Å². The van der Waals surface area contributed by atoms with Gasteiger partial charge in [-0.25, -0.2) is 4.98 Å². The Bertz CT molecular complexity index is 670. The summed E-state index contributed by atoms with van der Waals surface area (Å²) in [5.74, 6) is 0.676. The van der Waals surface area contributed by atoms with Crippen LogP contribution < -0.4 is 0 Å². The molecule has 0 aliphatic rings. The standard InChI is InChI=1S/C10H15NO.C8H14N2O.C6H14O.C5H12O/c1-9(2)12-8-6-10-5-3-4-7-11-10;1-8(2)11-6-5-10-4-3-9-7-10;1-6(2,3)5-7-4;1-5(2)4-6-3/h3-5,7,9H,6,8H2,1-2H3;3-4,7-8H,5-6H2,1-2H3;5H2,1-4H3;5H,4H2,1-3H3. The van der Waals surface area contributed by atoms with Crippen LogP contribution in [0.15, 0.2) is 43.1 Å². The molecule has 0 bridgehead atoms. The van der Waals surface area contributed by atoms with Gasteiger partial charge in [0.05, 0.1) is 38.4 Å². The van der Waals surface area contributed by atoms with Gasteiger partial charge >= 0.3 is 0 Å². The molecular weight excluding hydrogens is 454 g/mol. The molecule has 0 atom stereocenters. The highest BCUT2D eigenvalue weighted by atomic mass is 16.5. The molecule has 7 heteroatoms. The normalized spacial score (nSPS) is 10.8. The number of imidazole rings is 1. The lowest BCUT2D eigenvalue weighted by Gasteiger charge is -2.15. The lowest BCUT2D eigenvalue weighted by Crippen LogP contribution is -2.12. The van der Waals surface area contributed by atoms with Gasteiger partial charge in [-0.2, -0.15) is 0 Å². The van der Waals surface area contributed by atoms with Gasteiger partial charge in [0.1, 0.15) is 0 Å². The van der Waals surface area contributed by atoms with E-state index in [2.05, 4.69) is 44.6 Å². The molecule has 0 saturated carbocycles. The molecule has 0 aliphatic heterocycles. The summed E-state index contributed by atoms with van der Waals surface area (Å²) in [5.41, 5.74) is 1.42. The molecule has 0 spiro atoms. The Morgan fingerprint density at radius 3 is 1.86 bits per heavy atom. The van der Waals surface area contributed by atoms with Crippen molar-refractivity contribution in [1.82, 2.24) is 14.5 Å². The molecule has 2 aromatic heterocycles. The third kappa shape index (κ3) is 30.2. The lowest BCUT2D eigenvalue weighted by atomic mass is 9.99. The Balaban J connectivity index is 0. The highest BCUT2D eigenvalue weighted by Crippen LogP contribution is 2.11. The summed E-state index contributed by atoms with van der Waals surface area (Å²) in [5, 5.41) is 0. The molecule has 0 amide bonds. The Kier molecular flexibility index (Phi) is 23.8. The number of nitrogens with zero attached hydrogens (tertiary/aromatic N) is 3. The van der Waals surface area contributed by atoms with Crippen molar-refractivity contribution in [3.8, 4) is 0 Å². The number of hydrogen-bond donors (Lipinski definition) is 0. The summed E-state index contributed by atoms with van der Waals surface area (Å²) in [6.07, 6.45) is 8.85. The van der Waals surface area contributed by atoms with Crippen LogP contribution in [0.1, 0.15) is 68.0 Å². The van der Waals surface area contributed by atoms with Crippen molar-refractivity contribution in [3.05, 3.63) is 48.8 Å². The van der Waals surface area contributed by atoms with Gasteiger partial charge in [0.2, 0.25) is 0 Å². The van der Waals surface area contributed by atoms with E-state index < -0.39 is 0 Å². The van der Waals surface area contributed by atoms with E-state index in [1.165, 1.54) is 0 Å². The van der Waals surface area contributed by atoms with Gasteiger partial charge in [0.15, 0.2) is 0 Å². The van der Waals surface area contributed by atoms with Crippen molar-refractivity contribution < 1.29 is 18.9 Å². The average Bonchev–Trinajstić information content (AvgIpc) is 3.28. The fourth-order valence-corrected chi connectivity index (χ4v) is 2.52. The number of pyridine rings is 1. The van der Waals surface area contributed by atoms with Crippen LogP contribution in [0.25, 0.3) is 0 Å². The number of aromatic nitrogens is 3. The predicted octanol–water partition coefficient (Wildman–Crippen LogP) is 6.32. The van der Waals surface area contributed by atoms with Gasteiger partial charge in [-0.1, -0.05) is 40.7 Å². The first kappa shape index (κ1) is 36.4. The molecule has 2 rings (SSSR count). The van der Waals surface area contributed by atoms with Crippen LogP contribution in [0.4, 0.5) is 0 Å². The second-order valence-electron chi connectivity index (χ2n) is 10.6. The predicted molar refractivity (Wildman–Crippen MR) is 150 cm³/mol. The summed E-state index contributed by atoms with van der Waals surface area (Å²) < 4.78 is 22.5. The summed E-state index contributed by atoms with van der Waals surface area (Å²) in [4.78, 5) is 8.12. The Hall–Kier alpha value is -1.80. The van der Waals surface area contributed by atoms with E-state index in [-0.39, 0.29) is 0 Å². The summed E-state index contributed by atoms with van der Waals surface area (Å²) in [6.45, 7) is 23.0. The van der Waals surface area contributed by atoms with E-state index >= 15 is 0 Å². The van der Waals surface area contributed by atoms with Crippen LogP contribution in [0.3, 0.4) is 0 Å². The van der Waals surface area contributed by atoms with E-state index in [1.54, 1.807) is 26.7 Å². The van der Waals surface area contributed by atoms with Crippen molar-refractivity contribution in [3.63, 3.8) is 0 Å². The van der Waals surface area contributed by atoms with E-state index in [9.17, 15) is 0 Å². The van der Waals surface area contributed by atoms with Crippen LogP contribution in [-0.4, -0.2) is 67.4 Å². The first-order chi connectivity index (χ1) is 16.9. The average molecular weight is 510 g/mol. The molecule has 0 saturated heterocycles. The maximum atomic E-state index is 5.41. The van der Waals surface area contributed by atoms with E-state index in [4.69, 9.17) is 18.9 Å². The second kappa shape index (κ2) is 23.6. The lowest BCUT2D eigenvalue weighted by molar-refractivity contribution is 0.0727. The molecule has 7 nitrogen and oxygen atoms in total. The third-order valence-electron chi connectivity index (χ3n) is 3.97. The third-order valence-corrected chi connectivity index (χ3v) is 3.97. The molecule has 2 aromatic rings. The zero-order valence-corrected chi connectivity index (χ0v) is 25.0. The zero-order chi connectivity index (χ0) is 27.8. The zero-order valence-electron chi connectivity index (χ0n) is 25.0. The number of methoxy groups -OCH3 is 2. The van der Waals surface area contributed by atoms with Crippen molar-refractivity contribution in [2.75, 3.05) is 40.6 Å². The Labute approximate surface area is 221 Å². The van der Waals surface area contributed by atoms with Gasteiger partial charge < -0.3 is 23.5 Å². The summed E-state index contributed by atoms with van der Waals surface area (Å²) in [6, 6.07) is 5.94. The minimum absolute atomic E-state index is 0.314. The van der Waals surface area contributed by atoms with Gasteiger partial charge in [-0.3, -0.25) is 4.98 Å². The van der Waals surface area contributed by atoms with Gasteiger partial charge in [0.25, 0.3) is 0 Å². The Morgan fingerprint density at radius 1 is 0.861 bits per heavy atom. The van der Waals surface area contributed by atoms with Gasteiger partial charge in [0, 0.05) is 58.1 Å². The molecule has 0 fully saturated rings. The fourth-order valence-electron chi connectivity index (χ4n) is 2.52. The summed E-state index contributed by atoms with van der Waals surface area (Å²) >= 11 is 0. The van der Waals surface area contributed by atoms with Crippen molar-refractivity contribution in [1.29, 1.82) is 0 Å². The smallest absolute Gasteiger partial charge is 0.0946 e. The molecule has 0 aromatic carbocycles. The molecule has 0 radical (unpaired) electrons. The second-order valence-corrected chi connectivity index (χ2v) is 10.6. The highest BCUT2D eigenvalue weighted by molar-refractivity contribution is 5.03. The topological polar surface area (TPSA) is 67.6 Å². The van der Waals surface area contributed by atoms with Crippen LogP contribution in [-0.2, 0) is 31.9 Å². The molecule has 0 unspecified atom stereocenters. The van der Waals surface area contributed by atoms with Crippen LogP contribution >= 0.6 is 0 Å². The Morgan fingerprint density at radius 2 is 1.50 bits per heavy atom. The SMILES string of the molecule is CC(C)OCCc1ccccn1.CC(C)OCCn1ccnc1.COCC(C)(C)C.COCC(C)C. The number of hydrogen-bond acceptors (Lipinski definition) is 6. The maximum absolute atomic E-state index is 5.41. The molecule has 2 heterocycles. The molecule has 36 heavy (non-hydrogen) atoms. The van der Waals surface area contributed by atoms with E-state index in [0.29, 0.717) is 23.5 Å². The fraction of sp³-hybridized carbons (Fsp3) is 0.724. The van der Waals surface area contributed by atoms with Crippen LogP contribution in [0.5, 0.6) is 0 Å². The van der Waals surface area contributed by atoms with Crippen molar-refractivity contribution in [2.45, 2.75) is 87.5 Å². The molecule has 0 N–H and O–H groups in total. The van der Waals surface area contributed by atoms with Gasteiger partial charge in [-0.05, 0) is 51.2 Å². The van der Waals surface area contributed by atoms with Crippen LogP contribution in [0, 0.1) is 11.3 Å². The quantitative estimate of drug-likeness (QED) is 0.353. The minimum Gasteiger partial charge on any atom is -0.384 e. The van der Waals surface area contributed by atoms with E-state index in [0.717, 1.165) is 45.1 Å². The monoisotopic (exact) mass is 509 g/mol. The maximum Gasteiger partial charge on any atom is 0.0946 e. The van der Waals surface area contributed by atoms with Crippen molar-refractivity contribution >= 4 is 0 Å². The largest absolute Gasteiger partial charge is 0.384 e. The molecule has 0 aliphatic carbocycles. The van der Waals surface area contributed by atoms with E-state index in [1.807, 2.05) is 62.9 Å². The highest BCUT2D eigenvalue weighted by Gasteiger charge is 2.07. The first-order valence-electron chi connectivity index (χ1n) is 13.0. The number of ether oxygens (including phenoxy) is 4. The van der Waals surface area contributed by atoms with Crippen molar-refractivity contribution in [2.24, 2.45) is 11.3 Å². The summed E-state index contributed by atoms with van der Waals surface area (Å²) in [7, 11) is 3.45. The van der Waals surface area contributed by atoms with Gasteiger partial charge in [-0.15, -0.1) is 0 Å². The number of rotatable bonds is 11. The molecular formula is C29H55N3O4. The molecule has 210 valence electrons. The first-order valence-corrected chi connectivity index (χ1v) is 13.0. The minimum atomic E-state index is 0.314.